The highest BCUT2D eigenvalue weighted by Crippen LogP contribution is 2.43. The molecular formula is C32H33FN2O. The van der Waals surface area contributed by atoms with Gasteiger partial charge in [-0.25, -0.2) is 4.39 Å². The maximum atomic E-state index is 14.0. The molecule has 0 aliphatic heterocycles. The summed E-state index contributed by atoms with van der Waals surface area (Å²) in [6.45, 7) is 10.6. The van der Waals surface area contributed by atoms with Crippen LogP contribution < -0.4 is 5.32 Å². The summed E-state index contributed by atoms with van der Waals surface area (Å²) in [5.41, 5.74) is 5.66. The molecule has 36 heavy (non-hydrogen) atoms. The molecule has 1 aromatic heterocycles. The number of anilines is 1. The number of halogens is 1. The Morgan fingerprint density at radius 3 is 2.00 bits per heavy atom. The van der Waals surface area contributed by atoms with Crippen LogP contribution in [0.5, 0.6) is 0 Å². The summed E-state index contributed by atoms with van der Waals surface area (Å²) in [7, 11) is 0. The van der Waals surface area contributed by atoms with Crippen molar-refractivity contribution in [3.63, 3.8) is 0 Å². The zero-order valence-corrected chi connectivity index (χ0v) is 21.5. The molecule has 0 bridgehead atoms. The van der Waals surface area contributed by atoms with Crippen LogP contribution in [0.1, 0.15) is 56.6 Å². The summed E-state index contributed by atoms with van der Waals surface area (Å²) in [6, 6.07) is 25.9. The number of hydrogen-bond donors (Lipinski definition) is 1. The minimum Gasteiger partial charge on any atom is -0.322 e. The lowest BCUT2D eigenvalue weighted by molar-refractivity contribution is 0.102. The second-order valence-corrected chi connectivity index (χ2v) is 10.4. The third-order valence-corrected chi connectivity index (χ3v) is 5.95. The predicted molar refractivity (Wildman–Crippen MR) is 149 cm³/mol. The standard InChI is InChI=1S/C32H33FN2O/c1-22(2)29-28(31(36)34-26-14-10-7-11-15-26)27(23-12-8-6-9-13-23)30(24-16-18-25(33)19-17-24)35(29)21-20-32(3,4)5/h6-22H,1-5H3,(H,34,36)/b21-20+. The van der Waals surface area contributed by atoms with Crippen LogP contribution in [-0.4, -0.2) is 10.5 Å². The predicted octanol–water partition coefficient (Wildman–Crippen LogP) is 8.85. The van der Waals surface area contributed by atoms with E-state index in [1.807, 2.05) is 60.7 Å². The molecule has 0 fully saturated rings. The Balaban J connectivity index is 2.08. The average molecular weight is 481 g/mol. The average Bonchev–Trinajstić information content (AvgIpc) is 3.19. The summed E-state index contributed by atoms with van der Waals surface area (Å²) < 4.78 is 16.0. The maximum absolute atomic E-state index is 14.0. The van der Waals surface area contributed by atoms with E-state index in [4.69, 9.17) is 0 Å². The number of para-hydroxylation sites is 1. The van der Waals surface area contributed by atoms with E-state index in [1.165, 1.54) is 12.1 Å². The Kier molecular flexibility index (Phi) is 7.25. The zero-order chi connectivity index (χ0) is 25.9. The van der Waals surface area contributed by atoms with E-state index >= 15 is 0 Å². The van der Waals surface area contributed by atoms with Crippen LogP contribution in [0.3, 0.4) is 0 Å². The van der Waals surface area contributed by atoms with Gasteiger partial charge in [-0.05, 0) is 58.9 Å². The van der Waals surface area contributed by atoms with Crippen LogP contribution in [0.4, 0.5) is 10.1 Å². The SMILES string of the molecule is CC(C)c1c(C(=O)Nc2ccccc2)c(-c2ccccc2)c(-c2ccc(F)cc2)n1/C=C/C(C)(C)C. The van der Waals surface area contributed by atoms with Crippen LogP contribution in [-0.2, 0) is 0 Å². The molecule has 0 atom stereocenters. The number of aromatic nitrogens is 1. The molecule has 0 unspecified atom stereocenters. The maximum Gasteiger partial charge on any atom is 0.258 e. The van der Waals surface area contributed by atoms with Crippen molar-refractivity contribution < 1.29 is 9.18 Å². The summed E-state index contributed by atoms with van der Waals surface area (Å²) in [6.07, 6.45) is 4.19. The van der Waals surface area contributed by atoms with Gasteiger partial charge in [0.05, 0.1) is 11.3 Å². The first-order valence-electron chi connectivity index (χ1n) is 12.3. The fourth-order valence-electron chi connectivity index (χ4n) is 4.35. The van der Waals surface area contributed by atoms with E-state index < -0.39 is 0 Å². The number of carbonyl (C=O) groups is 1. The molecule has 184 valence electrons. The van der Waals surface area contributed by atoms with Gasteiger partial charge < -0.3 is 9.88 Å². The lowest BCUT2D eigenvalue weighted by Gasteiger charge is -2.17. The number of nitrogens with zero attached hydrogens (tertiary/aromatic N) is 1. The molecule has 1 heterocycles. The Morgan fingerprint density at radius 1 is 0.861 bits per heavy atom. The summed E-state index contributed by atoms with van der Waals surface area (Å²) in [4.78, 5) is 14.0. The second kappa shape index (κ2) is 10.4. The number of allylic oxidation sites excluding steroid dienone is 1. The van der Waals surface area contributed by atoms with Gasteiger partial charge in [0.1, 0.15) is 5.82 Å². The highest BCUT2D eigenvalue weighted by molar-refractivity contribution is 6.12. The van der Waals surface area contributed by atoms with Gasteiger partial charge in [-0.1, -0.05) is 89.2 Å². The van der Waals surface area contributed by atoms with Gasteiger partial charge >= 0.3 is 0 Å². The Hall–Kier alpha value is -3.92. The summed E-state index contributed by atoms with van der Waals surface area (Å²) in [5, 5.41) is 3.10. The Morgan fingerprint density at radius 2 is 1.44 bits per heavy atom. The first kappa shape index (κ1) is 25.2. The van der Waals surface area contributed by atoms with Gasteiger partial charge in [-0.2, -0.15) is 0 Å². The van der Waals surface area contributed by atoms with E-state index in [2.05, 4.69) is 56.8 Å². The topological polar surface area (TPSA) is 34.0 Å². The minimum atomic E-state index is -0.297. The van der Waals surface area contributed by atoms with Crippen LogP contribution in [0, 0.1) is 11.2 Å². The molecule has 4 rings (SSSR count). The monoisotopic (exact) mass is 480 g/mol. The van der Waals surface area contributed by atoms with E-state index in [0.717, 1.165) is 33.8 Å². The molecule has 0 spiro atoms. The number of hydrogen-bond acceptors (Lipinski definition) is 1. The fourth-order valence-corrected chi connectivity index (χ4v) is 4.35. The lowest BCUT2D eigenvalue weighted by atomic mass is 9.94. The van der Waals surface area contributed by atoms with E-state index in [0.29, 0.717) is 5.56 Å². The molecule has 3 aromatic carbocycles. The van der Waals surface area contributed by atoms with E-state index in [9.17, 15) is 9.18 Å². The van der Waals surface area contributed by atoms with Gasteiger partial charge in [-0.3, -0.25) is 4.79 Å². The Labute approximate surface area is 213 Å². The van der Waals surface area contributed by atoms with Gasteiger partial charge in [0, 0.05) is 23.1 Å². The quantitative estimate of drug-likeness (QED) is 0.294. The largest absolute Gasteiger partial charge is 0.322 e. The fraction of sp³-hybridized carbons (Fsp3) is 0.219. The number of carbonyl (C=O) groups excluding carboxylic acids is 1. The molecule has 4 aromatic rings. The normalized spacial score (nSPS) is 11.9. The third-order valence-electron chi connectivity index (χ3n) is 5.95. The van der Waals surface area contributed by atoms with Gasteiger partial charge in [-0.15, -0.1) is 0 Å². The first-order valence-corrected chi connectivity index (χ1v) is 12.3. The van der Waals surface area contributed by atoms with Crippen molar-refractivity contribution in [2.24, 2.45) is 5.41 Å². The van der Waals surface area contributed by atoms with Gasteiger partial charge in [0.15, 0.2) is 0 Å². The van der Waals surface area contributed by atoms with Crippen molar-refractivity contribution in [1.29, 1.82) is 0 Å². The zero-order valence-electron chi connectivity index (χ0n) is 21.5. The molecule has 0 aliphatic rings. The first-order chi connectivity index (χ1) is 17.2. The molecule has 4 heteroatoms. The van der Waals surface area contributed by atoms with Crippen molar-refractivity contribution in [2.75, 3.05) is 5.32 Å². The van der Waals surface area contributed by atoms with Crippen molar-refractivity contribution >= 4 is 17.8 Å². The summed E-state index contributed by atoms with van der Waals surface area (Å²) >= 11 is 0. The number of benzene rings is 3. The molecule has 1 amide bonds. The van der Waals surface area contributed by atoms with Crippen molar-refractivity contribution in [3.05, 3.63) is 108 Å². The molecule has 0 saturated carbocycles. The smallest absolute Gasteiger partial charge is 0.258 e. The highest BCUT2D eigenvalue weighted by atomic mass is 19.1. The second-order valence-electron chi connectivity index (χ2n) is 10.4. The van der Waals surface area contributed by atoms with Crippen molar-refractivity contribution in [1.82, 2.24) is 4.57 Å². The lowest BCUT2D eigenvalue weighted by Crippen LogP contribution is -2.15. The van der Waals surface area contributed by atoms with Crippen LogP contribution in [0.15, 0.2) is 91.0 Å². The third kappa shape index (κ3) is 5.49. The van der Waals surface area contributed by atoms with Crippen LogP contribution in [0.2, 0.25) is 0 Å². The van der Waals surface area contributed by atoms with Crippen molar-refractivity contribution in [3.8, 4) is 22.4 Å². The van der Waals surface area contributed by atoms with Crippen molar-refractivity contribution in [2.45, 2.75) is 40.5 Å². The molecule has 1 N–H and O–H groups in total. The molecule has 0 aliphatic carbocycles. The van der Waals surface area contributed by atoms with Crippen LogP contribution in [0.25, 0.3) is 28.6 Å². The molecule has 3 nitrogen and oxygen atoms in total. The summed E-state index contributed by atoms with van der Waals surface area (Å²) in [5.74, 6) is -0.424. The minimum absolute atomic E-state index is 0.0443. The highest BCUT2D eigenvalue weighted by Gasteiger charge is 2.30. The van der Waals surface area contributed by atoms with Gasteiger partial charge in [0.2, 0.25) is 0 Å². The van der Waals surface area contributed by atoms with Crippen LogP contribution >= 0.6 is 0 Å². The number of amides is 1. The van der Waals surface area contributed by atoms with Gasteiger partial charge in [0.25, 0.3) is 5.91 Å². The molecule has 0 radical (unpaired) electrons. The molecule has 0 saturated heterocycles. The van der Waals surface area contributed by atoms with E-state index in [-0.39, 0.29) is 23.1 Å². The number of nitrogens with one attached hydrogen (secondary N) is 1. The number of rotatable bonds is 6. The molecular weight excluding hydrogens is 447 g/mol. The van der Waals surface area contributed by atoms with E-state index in [1.54, 1.807) is 12.1 Å². The Bertz CT molecular complexity index is 1360.